The van der Waals surface area contributed by atoms with Gasteiger partial charge >= 0.3 is 0 Å². The molecule has 2 heterocycles. The maximum Gasteiger partial charge on any atom is 0.137 e. The molecule has 2 N–H and O–H groups in total. The van der Waals surface area contributed by atoms with Crippen LogP contribution in [0.15, 0.2) is 73.1 Å². The highest BCUT2D eigenvalue weighted by atomic mass is 31.0. The molecule has 1 atom stereocenters. The van der Waals surface area contributed by atoms with Crippen molar-refractivity contribution < 1.29 is 0 Å². The first kappa shape index (κ1) is 16.0. The lowest BCUT2D eigenvalue weighted by atomic mass is 10.0. The van der Waals surface area contributed by atoms with Crippen LogP contribution >= 0.6 is 9.24 Å². The Balaban J connectivity index is 1.43. The molecule has 0 bridgehead atoms. The average molecular weight is 345 g/mol. The minimum absolute atomic E-state index is 0.860. The average Bonchev–Trinajstić information content (AvgIpc) is 3.13. The molecule has 0 spiro atoms. The minimum Gasteiger partial charge on any atom is -0.346 e. The molecule has 4 aromatic rings. The molecule has 0 radical (unpaired) electrons. The minimum atomic E-state index is 0.860. The second kappa shape index (κ2) is 7.18. The number of H-pyrrole nitrogens is 1. The smallest absolute Gasteiger partial charge is 0.137 e. The van der Waals surface area contributed by atoms with Crippen molar-refractivity contribution in [1.29, 1.82) is 0 Å². The Hall–Kier alpha value is -2.48. The van der Waals surface area contributed by atoms with Gasteiger partial charge < -0.3 is 10.3 Å². The van der Waals surface area contributed by atoms with E-state index in [1.165, 1.54) is 27.6 Å². The van der Waals surface area contributed by atoms with Gasteiger partial charge in [-0.1, -0.05) is 48.5 Å². The lowest BCUT2D eigenvalue weighted by Gasteiger charge is -2.08. The maximum atomic E-state index is 4.35. The topological polar surface area (TPSA) is 40.7 Å². The molecule has 3 nitrogen and oxygen atoms in total. The van der Waals surface area contributed by atoms with Crippen molar-refractivity contribution in [3.63, 3.8) is 0 Å². The van der Waals surface area contributed by atoms with Crippen molar-refractivity contribution in [2.45, 2.75) is 13.1 Å². The van der Waals surface area contributed by atoms with Crippen LogP contribution < -0.4 is 10.6 Å². The van der Waals surface area contributed by atoms with Crippen molar-refractivity contribution in [3.8, 4) is 11.1 Å². The molecule has 0 amide bonds. The molecular weight excluding hydrogens is 325 g/mol. The van der Waals surface area contributed by atoms with Gasteiger partial charge in [0.05, 0.1) is 0 Å². The van der Waals surface area contributed by atoms with Crippen molar-refractivity contribution in [1.82, 2.24) is 15.3 Å². The zero-order chi connectivity index (χ0) is 17.1. The van der Waals surface area contributed by atoms with E-state index in [4.69, 9.17) is 0 Å². The summed E-state index contributed by atoms with van der Waals surface area (Å²) in [6.07, 6.45) is 3.78. The fourth-order valence-corrected chi connectivity index (χ4v) is 3.19. The fourth-order valence-electron chi connectivity index (χ4n) is 3.00. The number of nitrogens with one attached hydrogen (secondary N) is 2. The van der Waals surface area contributed by atoms with Gasteiger partial charge in [-0.15, -0.1) is 9.24 Å². The molecule has 2 aromatic heterocycles. The van der Waals surface area contributed by atoms with E-state index in [9.17, 15) is 0 Å². The molecule has 0 aliphatic heterocycles. The monoisotopic (exact) mass is 345 g/mol. The summed E-state index contributed by atoms with van der Waals surface area (Å²) < 4.78 is 0. The number of hydrogen-bond acceptors (Lipinski definition) is 2. The van der Waals surface area contributed by atoms with Crippen LogP contribution in [0.1, 0.15) is 11.1 Å². The normalized spacial score (nSPS) is 11.1. The number of rotatable bonds is 5. The number of aromatic amines is 1. The number of hydrogen-bond donors (Lipinski definition) is 2. The van der Waals surface area contributed by atoms with Crippen molar-refractivity contribution in [3.05, 3.63) is 84.2 Å². The number of aromatic nitrogens is 2. The van der Waals surface area contributed by atoms with Crippen LogP contribution in [-0.2, 0) is 13.1 Å². The Labute approximate surface area is 149 Å². The molecule has 0 aliphatic rings. The van der Waals surface area contributed by atoms with Crippen LogP contribution in [0.5, 0.6) is 0 Å². The third-order valence-electron chi connectivity index (χ3n) is 4.36. The number of fused-ring (bicyclic) bond motifs is 1. The van der Waals surface area contributed by atoms with Gasteiger partial charge in [0.1, 0.15) is 5.65 Å². The quantitative estimate of drug-likeness (QED) is 0.537. The van der Waals surface area contributed by atoms with E-state index >= 15 is 0 Å². The van der Waals surface area contributed by atoms with Gasteiger partial charge in [-0.2, -0.15) is 0 Å². The Morgan fingerprint density at radius 1 is 0.840 bits per heavy atom. The fraction of sp³-hybridized carbons (Fsp3) is 0.0952. The zero-order valence-corrected chi connectivity index (χ0v) is 15.0. The molecular formula is C21H20N3P. The van der Waals surface area contributed by atoms with Gasteiger partial charge in [0.25, 0.3) is 0 Å². The van der Waals surface area contributed by atoms with Crippen LogP contribution in [-0.4, -0.2) is 9.97 Å². The van der Waals surface area contributed by atoms with Gasteiger partial charge in [0, 0.05) is 30.9 Å². The molecule has 2 aromatic carbocycles. The van der Waals surface area contributed by atoms with Crippen molar-refractivity contribution in [2.24, 2.45) is 0 Å². The molecule has 25 heavy (non-hydrogen) atoms. The molecule has 4 heteroatoms. The maximum absolute atomic E-state index is 4.35. The Kier molecular flexibility index (Phi) is 4.60. The van der Waals surface area contributed by atoms with Crippen LogP contribution in [0.25, 0.3) is 22.2 Å². The predicted octanol–water partition coefficient (Wildman–Crippen LogP) is 4.02. The third kappa shape index (κ3) is 3.63. The summed E-state index contributed by atoms with van der Waals surface area (Å²) in [4.78, 5) is 7.52. The summed E-state index contributed by atoms with van der Waals surface area (Å²) in [5.41, 5.74) is 5.94. The standard InChI is InChI=1S/C21H20N3P/c25-18-7-3-16(4-8-18)14-22-13-15-1-5-17(6-2-15)19-9-11-23-21-20(19)10-12-24-21/h1-12,22H,13-14,25H2,(H,23,24). The Morgan fingerprint density at radius 3 is 2.24 bits per heavy atom. The molecule has 0 saturated carbocycles. The van der Waals surface area contributed by atoms with E-state index in [0.717, 1.165) is 24.1 Å². The van der Waals surface area contributed by atoms with Gasteiger partial charge in [-0.3, -0.25) is 0 Å². The Morgan fingerprint density at radius 2 is 1.52 bits per heavy atom. The second-order valence-corrected chi connectivity index (χ2v) is 6.81. The SMILES string of the molecule is Pc1ccc(CNCc2ccc(-c3ccnc4[nH]ccc34)cc2)cc1. The first-order valence-corrected chi connectivity index (χ1v) is 8.94. The first-order chi connectivity index (χ1) is 12.3. The molecule has 4 rings (SSSR count). The highest BCUT2D eigenvalue weighted by Crippen LogP contribution is 2.27. The van der Waals surface area contributed by atoms with Crippen molar-refractivity contribution >= 4 is 25.6 Å². The van der Waals surface area contributed by atoms with Gasteiger partial charge in [0.15, 0.2) is 0 Å². The van der Waals surface area contributed by atoms with Crippen molar-refractivity contribution in [2.75, 3.05) is 0 Å². The Bertz CT molecular complexity index is 972. The number of benzene rings is 2. The highest BCUT2D eigenvalue weighted by Gasteiger charge is 2.05. The lowest BCUT2D eigenvalue weighted by Crippen LogP contribution is -2.12. The molecule has 0 saturated heterocycles. The third-order valence-corrected chi connectivity index (χ3v) is 4.75. The molecule has 0 aliphatic carbocycles. The summed E-state index contributed by atoms with van der Waals surface area (Å²) in [6, 6.07) is 21.4. The van der Waals surface area contributed by atoms with Gasteiger partial charge in [-0.05, 0) is 39.7 Å². The van der Waals surface area contributed by atoms with E-state index in [0.29, 0.717) is 0 Å². The van der Waals surface area contributed by atoms with Gasteiger partial charge in [-0.25, -0.2) is 4.98 Å². The molecule has 1 unspecified atom stereocenters. The van der Waals surface area contributed by atoms with Crippen LogP contribution in [0.4, 0.5) is 0 Å². The van der Waals surface area contributed by atoms with Crippen LogP contribution in [0.2, 0.25) is 0 Å². The summed E-state index contributed by atoms with van der Waals surface area (Å²) in [5, 5.41) is 5.87. The van der Waals surface area contributed by atoms with Gasteiger partial charge in [0.2, 0.25) is 0 Å². The summed E-state index contributed by atoms with van der Waals surface area (Å²) >= 11 is 0. The zero-order valence-electron chi connectivity index (χ0n) is 13.9. The second-order valence-electron chi connectivity index (χ2n) is 6.14. The molecule has 124 valence electrons. The highest BCUT2D eigenvalue weighted by molar-refractivity contribution is 7.27. The predicted molar refractivity (Wildman–Crippen MR) is 108 cm³/mol. The van der Waals surface area contributed by atoms with Crippen LogP contribution in [0.3, 0.4) is 0 Å². The summed E-state index contributed by atoms with van der Waals surface area (Å²) in [5.74, 6) is 0. The summed E-state index contributed by atoms with van der Waals surface area (Å²) in [6.45, 7) is 1.74. The van der Waals surface area contributed by atoms with Crippen LogP contribution in [0, 0.1) is 0 Å². The van der Waals surface area contributed by atoms with E-state index in [2.05, 4.69) is 85.2 Å². The first-order valence-electron chi connectivity index (χ1n) is 8.36. The van der Waals surface area contributed by atoms with E-state index in [1.54, 1.807) is 0 Å². The number of nitrogens with zero attached hydrogens (tertiary/aromatic N) is 1. The largest absolute Gasteiger partial charge is 0.346 e. The summed E-state index contributed by atoms with van der Waals surface area (Å²) in [7, 11) is 2.71. The van der Waals surface area contributed by atoms with E-state index in [1.807, 2.05) is 12.4 Å². The van der Waals surface area contributed by atoms with E-state index in [-0.39, 0.29) is 0 Å². The van der Waals surface area contributed by atoms with E-state index < -0.39 is 0 Å². The number of pyridine rings is 1. The molecule has 0 fully saturated rings. The lowest BCUT2D eigenvalue weighted by molar-refractivity contribution is 0.693.